The van der Waals surface area contributed by atoms with Crippen LogP contribution in [0.5, 0.6) is 11.5 Å². The van der Waals surface area contributed by atoms with Gasteiger partial charge in [0.1, 0.15) is 22.9 Å². The molecule has 1 aromatic heterocycles. The number of pyridine rings is 1. The molecular formula is C47H51N3O2. The second kappa shape index (κ2) is 11.6. The average Bonchev–Trinajstić information content (AvgIpc) is 3.47. The second-order valence-corrected chi connectivity index (χ2v) is 17.0. The first kappa shape index (κ1) is 31.8. The van der Waals surface area contributed by atoms with Crippen molar-refractivity contribution in [3.63, 3.8) is 0 Å². The largest absolute Gasteiger partial charge is 0.464 e. The quantitative estimate of drug-likeness (QED) is 0.184. The van der Waals surface area contributed by atoms with Crippen LogP contribution < -0.4 is 9.64 Å². The van der Waals surface area contributed by atoms with Crippen LogP contribution in [-0.2, 0) is 27.5 Å². The van der Waals surface area contributed by atoms with Gasteiger partial charge in [0.05, 0.1) is 11.4 Å². The molecule has 4 aromatic carbocycles. The summed E-state index contributed by atoms with van der Waals surface area (Å²) in [6.45, 7) is 23.5. The number of anilines is 3. The van der Waals surface area contributed by atoms with Crippen molar-refractivity contribution in [2.45, 2.75) is 110 Å². The van der Waals surface area contributed by atoms with Crippen LogP contribution in [0.3, 0.4) is 0 Å². The van der Waals surface area contributed by atoms with Gasteiger partial charge in [-0.15, -0.1) is 0 Å². The van der Waals surface area contributed by atoms with Gasteiger partial charge in [0, 0.05) is 37.9 Å². The average molecular weight is 692 g/mol. The molecule has 2 aliphatic heterocycles. The third kappa shape index (κ3) is 5.18. The summed E-state index contributed by atoms with van der Waals surface area (Å²) in [6, 6.07) is 29.5. The van der Waals surface area contributed by atoms with E-state index < -0.39 is 17.5 Å². The van der Waals surface area contributed by atoms with Crippen molar-refractivity contribution in [2.75, 3.05) is 4.90 Å². The third-order valence-electron chi connectivity index (χ3n) is 11.8. The topological polar surface area (TPSA) is 47.0 Å². The Morgan fingerprint density at radius 1 is 0.827 bits per heavy atom. The van der Waals surface area contributed by atoms with Gasteiger partial charge in [-0.05, 0) is 120 Å². The van der Waals surface area contributed by atoms with Crippen LogP contribution in [0.25, 0.3) is 0 Å². The lowest BCUT2D eigenvalue weighted by Gasteiger charge is -2.41. The minimum absolute atomic E-state index is 0.0375. The third-order valence-corrected chi connectivity index (χ3v) is 11.8. The number of aliphatic imine (C=N–C) groups is 1. The highest BCUT2D eigenvalue weighted by Gasteiger charge is 2.59. The minimum Gasteiger partial charge on any atom is -0.464 e. The molecule has 0 bridgehead atoms. The van der Waals surface area contributed by atoms with E-state index in [4.69, 9.17) is 19.5 Å². The summed E-state index contributed by atoms with van der Waals surface area (Å²) in [7, 11) is 0. The van der Waals surface area contributed by atoms with E-state index in [9.17, 15) is 2.74 Å². The highest BCUT2D eigenvalue weighted by atomic mass is 16.5. The summed E-state index contributed by atoms with van der Waals surface area (Å²) in [4.78, 5) is 12.3. The van der Waals surface area contributed by atoms with Crippen LogP contribution in [0.1, 0.15) is 121 Å². The second-order valence-electron chi connectivity index (χ2n) is 17.0. The van der Waals surface area contributed by atoms with E-state index >= 15 is 0 Å². The molecule has 0 saturated carbocycles. The van der Waals surface area contributed by atoms with Crippen molar-refractivity contribution in [1.29, 1.82) is 0 Å². The van der Waals surface area contributed by atoms with Gasteiger partial charge in [0.2, 0.25) is 5.90 Å². The monoisotopic (exact) mass is 691 g/mol. The van der Waals surface area contributed by atoms with Crippen LogP contribution in [0.2, 0.25) is 0 Å². The molecule has 0 amide bonds. The van der Waals surface area contributed by atoms with Crippen molar-refractivity contribution >= 4 is 23.1 Å². The predicted molar refractivity (Wildman–Crippen MR) is 213 cm³/mol. The number of para-hydroxylation sites is 1. The lowest BCUT2D eigenvalue weighted by molar-refractivity contribution is 0.0450. The molecule has 5 nitrogen and oxygen atoms in total. The van der Waals surface area contributed by atoms with Crippen molar-refractivity contribution in [2.24, 2.45) is 4.99 Å². The number of aromatic nitrogens is 1. The van der Waals surface area contributed by atoms with E-state index in [-0.39, 0.29) is 16.7 Å². The SMILES string of the molecule is [2H]C1([2H])c2c(ccc(C)c2C)[C@]2(C)OC(c3cc(Oc4ccc5c(c4)N(c4cc(C(C)(C)C)ccn4)c4ccccc4C5(C)C)cc(C(C)C)c3)=N[C@]12C. The molecule has 0 N–H and O–H groups in total. The number of fused-ring (bicyclic) bond motifs is 5. The summed E-state index contributed by atoms with van der Waals surface area (Å²) < 4.78 is 32.5. The molecule has 0 saturated heterocycles. The fraction of sp³-hybridized carbons (Fsp3) is 0.362. The maximum atomic E-state index is 9.43. The minimum atomic E-state index is -1.73. The van der Waals surface area contributed by atoms with Gasteiger partial charge in [-0.25, -0.2) is 9.98 Å². The van der Waals surface area contributed by atoms with Crippen molar-refractivity contribution in [3.05, 3.63) is 141 Å². The first-order chi connectivity index (χ1) is 25.3. The Balaban J connectivity index is 1.21. The van der Waals surface area contributed by atoms with E-state index in [0.29, 0.717) is 23.0 Å². The fourth-order valence-electron chi connectivity index (χ4n) is 8.12. The molecule has 0 fully saturated rings. The molecule has 8 rings (SSSR count). The molecule has 3 aliphatic rings. The molecule has 1 aliphatic carbocycles. The first-order valence-corrected chi connectivity index (χ1v) is 18.5. The highest BCUT2D eigenvalue weighted by molar-refractivity contribution is 5.97. The molecular weight excluding hydrogens is 639 g/mol. The van der Waals surface area contributed by atoms with Crippen LogP contribution in [0.15, 0.2) is 96.1 Å². The highest BCUT2D eigenvalue weighted by Crippen LogP contribution is 2.55. The molecule has 52 heavy (non-hydrogen) atoms. The molecule has 266 valence electrons. The molecule has 0 spiro atoms. The van der Waals surface area contributed by atoms with Gasteiger partial charge in [0.25, 0.3) is 0 Å². The van der Waals surface area contributed by atoms with E-state index in [1.165, 1.54) is 16.7 Å². The van der Waals surface area contributed by atoms with Crippen LogP contribution >= 0.6 is 0 Å². The van der Waals surface area contributed by atoms with Crippen LogP contribution in [0, 0.1) is 13.8 Å². The molecule has 2 atom stereocenters. The Hall–Kier alpha value is -4.90. The number of benzene rings is 4. The Morgan fingerprint density at radius 2 is 1.56 bits per heavy atom. The van der Waals surface area contributed by atoms with Crippen molar-refractivity contribution in [3.8, 4) is 11.5 Å². The van der Waals surface area contributed by atoms with E-state index in [2.05, 4.69) is 126 Å². The van der Waals surface area contributed by atoms with Gasteiger partial charge in [-0.2, -0.15) is 0 Å². The van der Waals surface area contributed by atoms with Gasteiger partial charge in [-0.1, -0.05) is 84.9 Å². The lowest BCUT2D eigenvalue weighted by Crippen LogP contribution is -2.40. The maximum Gasteiger partial charge on any atom is 0.217 e. The number of ether oxygens (including phenoxy) is 2. The zero-order chi connectivity index (χ0) is 38.7. The van der Waals surface area contributed by atoms with E-state index in [0.717, 1.165) is 45.0 Å². The number of hydrogen-bond acceptors (Lipinski definition) is 5. The van der Waals surface area contributed by atoms with Gasteiger partial charge < -0.3 is 9.47 Å². The Kier molecular flexibility index (Phi) is 7.06. The standard InChI is InChI=1S/C47H51N3O2/c1-28(2)31-22-32(43-49-46(10)27-36-30(4)29(3)16-18-37(36)47(46,11)52-43)24-35(23-31)51-34-17-19-39-41(26-34)50(40-15-13-12-14-38(40)45(39,8)9)42-25-33(20-21-48-42)44(5,6)7/h12-26,28H,27H2,1-11H3/t46-,47+/m1/s1/i27D2. The molecule has 5 aromatic rings. The first-order valence-electron chi connectivity index (χ1n) is 19.5. The van der Waals surface area contributed by atoms with E-state index in [1.54, 1.807) is 0 Å². The number of hydrogen-bond donors (Lipinski definition) is 0. The van der Waals surface area contributed by atoms with Crippen molar-refractivity contribution < 1.29 is 12.2 Å². The molecule has 5 heteroatoms. The summed E-state index contributed by atoms with van der Waals surface area (Å²) in [6.07, 6.45) is 0.180. The number of rotatable bonds is 5. The zero-order valence-electron chi connectivity index (χ0n) is 34.4. The van der Waals surface area contributed by atoms with Crippen LogP contribution in [-0.4, -0.2) is 16.4 Å². The van der Waals surface area contributed by atoms with Gasteiger partial charge in [-0.3, -0.25) is 4.90 Å². The Morgan fingerprint density at radius 3 is 2.31 bits per heavy atom. The number of nitrogens with zero attached hydrogens (tertiary/aromatic N) is 3. The van der Waals surface area contributed by atoms with Crippen LogP contribution in [0.4, 0.5) is 17.2 Å². The maximum absolute atomic E-state index is 9.43. The lowest BCUT2D eigenvalue weighted by atomic mass is 9.73. The van der Waals surface area contributed by atoms with Gasteiger partial charge >= 0.3 is 0 Å². The summed E-state index contributed by atoms with van der Waals surface area (Å²) in [5.74, 6) is 2.87. The fourth-order valence-corrected chi connectivity index (χ4v) is 8.12. The zero-order valence-corrected chi connectivity index (χ0v) is 32.4. The molecule has 0 unspecified atom stereocenters. The smallest absolute Gasteiger partial charge is 0.217 e. The van der Waals surface area contributed by atoms with Gasteiger partial charge in [0.15, 0.2) is 5.60 Å². The Bertz CT molecular complexity index is 2390. The van der Waals surface area contributed by atoms with Crippen molar-refractivity contribution in [1.82, 2.24) is 4.98 Å². The van der Waals surface area contributed by atoms with E-state index in [1.807, 2.05) is 46.0 Å². The summed E-state index contributed by atoms with van der Waals surface area (Å²) in [5.41, 5.74) is 8.78. The Labute approximate surface area is 312 Å². The summed E-state index contributed by atoms with van der Waals surface area (Å²) >= 11 is 0. The normalized spacial score (nSPS) is 22.8. The molecule has 0 radical (unpaired) electrons. The summed E-state index contributed by atoms with van der Waals surface area (Å²) in [5, 5.41) is 0. The number of aryl methyl sites for hydroxylation is 1. The predicted octanol–water partition coefficient (Wildman–Crippen LogP) is 12.0. The molecule has 3 heterocycles.